The molecule has 0 aromatic carbocycles. The summed E-state index contributed by atoms with van der Waals surface area (Å²) in [5.41, 5.74) is 0. The molecule has 0 saturated heterocycles. The molecular weight excluding hydrogens is 154 g/mol. The third-order valence-electron chi connectivity index (χ3n) is 1.07. The van der Waals surface area contributed by atoms with Gasteiger partial charge in [0.25, 0.3) is 0 Å². The van der Waals surface area contributed by atoms with Crippen molar-refractivity contribution < 1.29 is 13.5 Å². The van der Waals surface area contributed by atoms with E-state index in [1.165, 1.54) is 0 Å². The van der Waals surface area contributed by atoms with Crippen molar-refractivity contribution in [2.75, 3.05) is 31.7 Å². The standard InChI is InChI=1S/C5H13NO3S/c1-6-2-4-10(8,9)5-3-7/h6-7H,2-5H2,1H3. The summed E-state index contributed by atoms with van der Waals surface area (Å²) in [6.07, 6.45) is 0. The van der Waals surface area contributed by atoms with Crippen LogP contribution in [0.4, 0.5) is 0 Å². The molecule has 0 saturated carbocycles. The van der Waals surface area contributed by atoms with Gasteiger partial charge in [-0.1, -0.05) is 0 Å². The summed E-state index contributed by atoms with van der Waals surface area (Å²) in [5, 5.41) is 11.0. The zero-order chi connectivity index (χ0) is 8.04. The molecule has 0 atom stereocenters. The Morgan fingerprint density at radius 3 is 2.40 bits per heavy atom. The SMILES string of the molecule is CNCCS(=O)(=O)CCO. The third-order valence-corrected chi connectivity index (χ3v) is 2.70. The van der Waals surface area contributed by atoms with Gasteiger partial charge in [0.05, 0.1) is 18.1 Å². The summed E-state index contributed by atoms with van der Waals surface area (Å²) in [4.78, 5) is 0. The van der Waals surface area contributed by atoms with Crippen LogP contribution in [0, 0.1) is 0 Å². The van der Waals surface area contributed by atoms with Crippen LogP contribution in [0.1, 0.15) is 0 Å². The molecular formula is C5H13NO3S. The number of hydrogen-bond acceptors (Lipinski definition) is 4. The van der Waals surface area contributed by atoms with E-state index in [9.17, 15) is 8.42 Å². The molecule has 0 aliphatic carbocycles. The maximum Gasteiger partial charge on any atom is 0.153 e. The van der Waals surface area contributed by atoms with Crippen molar-refractivity contribution in [1.29, 1.82) is 0 Å². The first-order chi connectivity index (χ1) is 4.62. The van der Waals surface area contributed by atoms with E-state index in [-0.39, 0.29) is 18.1 Å². The average molecular weight is 167 g/mol. The fourth-order valence-electron chi connectivity index (χ4n) is 0.499. The molecule has 0 fully saturated rings. The summed E-state index contributed by atoms with van der Waals surface area (Å²) in [5.74, 6) is -0.0290. The molecule has 0 amide bonds. The lowest BCUT2D eigenvalue weighted by Crippen LogP contribution is -2.22. The van der Waals surface area contributed by atoms with Crippen LogP contribution in [0.25, 0.3) is 0 Å². The van der Waals surface area contributed by atoms with Gasteiger partial charge in [0, 0.05) is 6.54 Å². The van der Waals surface area contributed by atoms with Gasteiger partial charge in [-0.15, -0.1) is 0 Å². The molecule has 0 bridgehead atoms. The van der Waals surface area contributed by atoms with Crippen molar-refractivity contribution in [3.63, 3.8) is 0 Å². The van der Waals surface area contributed by atoms with Crippen molar-refractivity contribution in [2.45, 2.75) is 0 Å². The first-order valence-electron chi connectivity index (χ1n) is 3.08. The molecule has 62 valence electrons. The largest absolute Gasteiger partial charge is 0.395 e. The van der Waals surface area contributed by atoms with Crippen LogP contribution >= 0.6 is 0 Å². The molecule has 0 rings (SSSR count). The molecule has 0 aliphatic heterocycles. The Labute approximate surface area is 61.2 Å². The lowest BCUT2D eigenvalue weighted by Gasteiger charge is -1.99. The Morgan fingerprint density at radius 1 is 1.40 bits per heavy atom. The number of rotatable bonds is 5. The van der Waals surface area contributed by atoms with Crippen molar-refractivity contribution in [3.8, 4) is 0 Å². The predicted molar refractivity (Wildman–Crippen MR) is 39.7 cm³/mol. The van der Waals surface area contributed by atoms with Crippen LogP contribution in [-0.4, -0.2) is 45.2 Å². The molecule has 4 nitrogen and oxygen atoms in total. The second-order valence-electron chi connectivity index (χ2n) is 1.98. The molecule has 2 N–H and O–H groups in total. The smallest absolute Gasteiger partial charge is 0.153 e. The van der Waals surface area contributed by atoms with E-state index in [1.54, 1.807) is 7.05 Å². The maximum atomic E-state index is 10.8. The van der Waals surface area contributed by atoms with E-state index >= 15 is 0 Å². The van der Waals surface area contributed by atoms with E-state index in [0.717, 1.165) is 0 Å². The highest BCUT2D eigenvalue weighted by molar-refractivity contribution is 7.91. The Morgan fingerprint density at radius 2 is 2.00 bits per heavy atom. The van der Waals surface area contributed by atoms with Gasteiger partial charge in [0.2, 0.25) is 0 Å². The van der Waals surface area contributed by atoms with Gasteiger partial charge in [-0.3, -0.25) is 0 Å². The van der Waals surface area contributed by atoms with Crippen LogP contribution in [0.5, 0.6) is 0 Å². The van der Waals surface area contributed by atoms with Crippen molar-refractivity contribution in [3.05, 3.63) is 0 Å². The van der Waals surface area contributed by atoms with Crippen LogP contribution in [0.2, 0.25) is 0 Å². The van der Waals surface area contributed by atoms with Gasteiger partial charge in [-0.05, 0) is 7.05 Å². The third kappa shape index (κ3) is 4.72. The molecule has 10 heavy (non-hydrogen) atoms. The molecule has 0 aromatic heterocycles. The first-order valence-corrected chi connectivity index (χ1v) is 4.90. The number of sulfone groups is 1. The normalized spacial score (nSPS) is 11.8. The molecule has 0 heterocycles. The van der Waals surface area contributed by atoms with Gasteiger partial charge >= 0.3 is 0 Å². The quantitative estimate of drug-likeness (QED) is 0.529. The van der Waals surface area contributed by atoms with Crippen molar-refractivity contribution in [1.82, 2.24) is 5.32 Å². The summed E-state index contributed by atoms with van der Waals surface area (Å²) in [6.45, 7) is 0.161. The van der Waals surface area contributed by atoms with Crippen molar-refractivity contribution in [2.24, 2.45) is 0 Å². The lowest BCUT2D eigenvalue weighted by atomic mass is 10.8. The Bertz CT molecular complexity index is 164. The minimum Gasteiger partial charge on any atom is -0.395 e. The molecule has 0 radical (unpaired) electrons. The van der Waals surface area contributed by atoms with Crippen LogP contribution in [0.15, 0.2) is 0 Å². The monoisotopic (exact) mass is 167 g/mol. The topological polar surface area (TPSA) is 66.4 Å². The predicted octanol–water partition coefficient (Wildman–Crippen LogP) is -1.39. The van der Waals surface area contributed by atoms with E-state index in [2.05, 4.69) is 5.32 Å². The second kappa shape index (κ2) is 4.65. The maximum absolute atomic E-state index is 10.8. The fraction of sp³-hybridized carbons (Fsp3) is 1.00. The van der Waals surface area contributed by atoms with E-state index < -0.39 is 9.84 Å². The lowest BCUT2D eigenvalue weighted by molar-refractivity contribution is 0.319. The highest BCUT2D eigenvalue weighted by Crippen LogP contribution is 1.86. The molecule has 0 aromatic rings. The first kappa shape index (κ1) is 9.87. The summed E-state index contributed by atoms with van der Waals surface area (Å²) in [6, 6.07) is 0. The molecule has 0 aliphatic rings. The fourth-order valence-corrected chi connectivity index (χ4v) is 1.50. The minimum atomic E-state index is -3.01. The number of aliphatic hydroxyl groups excluding tert-OH is 1. The van der Waals surface area contributed by atoms with Crippen LogP contribution in [-0.2, 0) is 9.84 Å². The van der Waals surface area contributed by atoms with Gasteiger partial charge in [0.1, 0.15) is 0 Å². The van der Waals surface area contributed by atoms with E-state index in [1.807, 2.05) is 0 Å². The number of nitrogens with one attached hydrogen (secondary N) is 1. The average Bonchev–Trinajstić information content (AvgIpc) is 1.84. The van der Waals surface area contributed by atoms with Crippen LogP contribution < -0.4 is 5.32 Å². The van der Waals surface area contributed by atoms with E-state index in [0.29, 0.717) is 6.54 Å². The summed E-state index contributed by atoms with van der Waals surface area (Å²) < 4.78 is 21.6. The zero-order valence-corrected chi connectivity index (χ0v) is 6.82. The number of hydrogen-bond donors (Lipinski definition) is 2. The number of aliphatic hydroxyl groups is 1. The second-order valence-corrected chi connectivity index (χ2v) is 4.28. The highest BCUT2D eigenvalue weighted by Gasteiger charge is 2.07. The van der Waals surface area contributed by atoms with E-state index in [4.69, 9.17) is 5.11 Å². The molecule has 0 spiro atoms. The highest BCUT2D eigenvalue weighted by atomic mass is 32.2. The zero-order valence-electron chi connectivity index (χ0n) is 6.00. The molecule has 0 unspecified atom stereocenters. The summed E-state index contributed by atoms with van der Waals surface area (Å²) >= 11 is 0. The Kier molecular flexibility index (Phi) is 4.59. The molecule has 5 heteroatoms. The summed E-state index contributed by atoms with van der Waals surface area (Å²) in [7, 11) is -1.32. The Hall–Kier alpha value is -0.130. The van der Waals surface area contributed by atoms with Crippen LogP contribution in [0.3, 0.4) is 0 Å². The van der Waals surface area contributed by atoms with Crippen molar-refractivity contribution >= 4 is 9.84 Å². The Balaban J connectivity index is 3.65. The van der Waals surface area contributed by atoms with Gasteiger partial charge < -0.3 is 10.4 Å². The van der Waals surface area contributed by atoms with Gasteiger partial charge in [-0.2, -0.15) is 0 Å². The van der Waals surface area contributed by atoms with Gasteiger partial charge in [-0.25, -0.2) is 8.42 Å². The van der Waals surface area contributed by atoms with Gasteiger partial charge in [0.15, 0.2) is 9.84 Å². The minimum absolute atomic E-state index is 0.101.